The number of nitrogens with zero attached hydrogens (tertiary/aromatic N) is 1. The Labute approximate surface area is 141 Å². The van der Waals surface area contributed by atoms with Crippen molar-refractivity contribution in [1.82, 2.24) is 15.5 Å². The number of hydrogen-bond acceptors (Lipinski definition) is 3. The van der Waals surface area contributed by atoms with Crippen LogP contribution < -0.4 is 10.6 Å². The summed E-state index contributed by atoms with van der Waals surface area (Å²) in [5.41, 5.74) is 4.04. The van der Waals surface area contributed by atoms with E-state index in [1.807, 2.05) is 7.05 Å². The van der Waals surface area contributed by atoms with Gasteiger partial charge >= 0.3 is 6.03 Å². The summed E-state index contributed by atoms with van der Waals surface area (Å²) in [5, 5.41) is 10.7. The zero-order valence-corrected chi connectivity index (χ0v) is 14.2. The maximum absolute atomic E-state index is 12.2. The molecule has 1 aliphatic rings. The molecule has 2 amide bonds. The third-order valence-corrected chi connectivity index (χ3v) is 5.01. The maximum atomic E-state index is 12.2. The van der Waals surface area contributed by atoms with Crippen molar-refractivity contribution in [1.29, 1.82) is 0 Å². The number of hydrogen-bond donors (Lipinski definition) is 2. The molecule has 1 aliphatic heterocycles. The number of carbonyl (C=O) groups excluding carboxylic acids is 1. The van der Waals surface area contributed by atoms with E-state index in [0.717, 1.165) is 25.9 Å². The molecule has 2 heterocycles. The summed E-state index contributed by atoms with van der Waals surface area (Å²) in [6.07, 6.45) is 1.86. The summed E-state index contributed by atoms with van der Waals surface area (Å²) in [6, 6.07) is 10.9. The molecule has 3 rings (SSSR count). The van der Waals surface area contributed by atoms with Gasteiger partial charge in [-0.05, 0) is 46.4 Å². The quantitative estimate of drug-likeness (QED) is 0.886. The normalized spacial score (nSPS) is 16.7. The number of fused-ring (bicyclic) bond motifs is 1. The fourth-order valence-corrected chi connectivity index (χ4v) is 3.65. The van der Waals surface area contributed by atoms with Crippen LogP contribution in [0.1, 0.15) is 16.7 Å². The number of thiophene rings is 1. The van der Waals surface area contributed by atoms with Gasteiger partial charge in [0.25, 0.3) is 0 Å². The van der Waals surface area contributed by atoms with Gasteiger partial charge in [-0.25, -0.2) is 4.79 Å². The van der Waals surface area contributed by atoms with Gasteiger partial charge in [-0.3, -0.25) is 0 Å². The van der Waals surface area contributed by atoms with Crippen LogP contribution in [0.3, 0.4) is 0 Å². The molecule has 2 N–H and O–H groups in total. The first-order valence-corrected chi connectivity index (χ1v) is 8.97. The fraction of sp³-hybridized carbons (Fsp3) is 0.389. The van der Waals surface area contributed by atoms with Crippen molar-refractivity contribution in [3.8, 4) is 0 Å². The monoisotopic (exact) mass is 329 g/mol. The van der Waals surface area contributed by atoms with Crippen LogP contribution in [0.25, 0.3) is 0 Å². The summed E-state index contributed by atoms with van der Waals surface area (Å²) < 4.78 is 0. The SMILES string of the molecule is CN(C[C@@H]1Cc2ccccc2CN1)C(=O)NCCc1ccsc1. The summed E-state index contributed by atoms with van der Waals surface area (Å²) in [6.45, 7) is 2.29. The Kier molecular flexibility index (Phi) is 5.31. The second-order valence-corrected chi connectivity index (χ2v) is 6.82. The fourth-order valence-electron chi connectivity index (χ4n) is 2.95. The van der Waals surface area contributed by atoms with Crippen LogP contribution in [0.15, 0.2) is 41.1 Å². The smallest absolute Gasteiger partial charge is 0.317 e. The van der Waals surface area contributed by atoms with Gasteiger partial charge in [0.1, 0.15) is 0 Å². The van der Waals surface area contributed by atoms with Crippen molar-refractivity contribution < 1.29 is 4.79 Å². The minimum absolute atomic E-state index is 0.000822. The van der Waals surface area contributed by atoms with Crippen molar-refractivity contribution in [3.05, 3.63) is 57.8 Å². The van der Waals surface area contributed by atoms with Crippen LogP contribution >= 0.6 is 11.3 Å². The van der Waals surface area contributed by atoms with E-state index < -0.39 is 0 Å². The van der Waals surface area contributed by atoms with Crippen LogP contribution in [0.4, 0.5) is 4.79 Å². The molecule has 1 aromatic heterocycles. The van der Waals surface area contributed by atoms with E-state index in [0.29, 0.717) is 12.6 Å². The first-order chi connectivity index (χ1) is 11.2. The van der Waals surface area contributed by atoms with E-state index in [9.17, 15) is 4.79 Å². The van der Waals surface area contributed by atoms with Crippen molar-refractivity contribution in [2.24, 2.45) is 0 Å². The molecule has 5 heteroatoms. The van der Waals surface area contributed by atoms with Gasteiger partial charge < -0.3 is 15.5 Å². The van der Waals surface area contributed by atoms with Gasteiger partial charge in [-0.15, -0.1) is 0 Å². The average molecular weight is 329 g/mol. The number of carbonyl (C=O) groups is 1. The zero-order chi connectivity index (χ0) is 16.1. The number of nitrogens with one attached hydrogen (secondary N) is 2. The van der Waals surface area contributed by atoms with Gasteiger partial charge in [0.2, 0.25) is 0 Å². The first kappa shape index (κ1) is 16.0. The number of urea groups is 1. The topological polar surface area (TPSA) is 44.4 Å². The van der Waals surface area contributed by atoms with Crippen molar-refractivity contribution >= 4 is 17.4 Å². The molecule has 0 fully saturated rings. The summed E-state index contributed by atoms with van der Waals surface area (Å²) in [5.74, 6) is 0. The highest BCUT2D eigenvalue weighted by molar-refractivity contribution is 7.07. The Morgan fingerprint density at radius 1 is 1.35 bits per heavy atom. The highest BCUT2D eigenvalue weighted by atomic mass is 32.1. The molecule has 0 aliphatic carbocycles. The molecule has 0 saturated carbocycles. The Bertz CT molecular complexity index is 641. The van der Waals surface area contributed by atoms with Crippen LogP contribution in [0, 0.1) is 0 Å². The lowest BCUT2D eigenvalue weighted by atomic mass is 9.96. The summed E-state index contributed by atoms with van der Waals surface area (Å²) in [7, 11) is 1.86. The Hall–Kier alpha value is -1.85. The largest absolute Gasteiger partial charge is 0.338 e. The predicted molar refractivity (Wildman–Crippen MR) is 94.8 cm³/mol. The van der Waals surface area contributed by atoms with E-state index in [1.165, 1.54) is 16.7 Å². The molecule has 0 bridgehead atoms. The summed E-state index contributed by atoms with van der Waals surface area (Å²) in [4.78, 5) is 14.0. The second kappa shape index (κ2) is 7.62. The molecule has 1 aromatic carbocycles. The lowest BCUT2D eigenvalue weighted by Gasteiger charge is -2.29. The van der Waals surface area contributed by atoms with Gasteiger partial charge in [0.05, 0.1) is 0 Å². The lowest BCUT2D eigenvalue weighted by Crippen LogP contribution is -2.48. The van der Waals surface area contributed by atoms with Gasteiger partial charge in [-0.1, -0.05) is 24.3 Å². The lowest BCUT2D eigenvalue weighted by molar-refractivity contribution is 0.202. The molecule has 4 nitrogen and oxygen atoms in total. The maximum Gasteiger partial charge on any atom is 0.317 e. The number of amides is 2. The molecule has 0 saturated heterocycles. The van der Waals surface area contributed by atoms with Crippen molar-refractivity contribution in [3.63, 3.8) is 0 Å². The number of benzene rings is 1. The van der Waals surface area contributed by atoms with Crippen LogP contribution in [-0.4, -0.2) is 37.1 Å². The van der Waals surface area contributed by atoms with Gasteiger partial charge in [0.15, 0.2) is 0 Å². The Balaban J connectivity index is 1.43. The number of likely N-dealkylation sites (N-methyl/N-ethyl adjacent to an activating group) is 1. The number of rotatable bonds is 5. The third kappa shape index (κ3) is 4.33. The van der Waals surface area contributed by atoms with Gasteiger partial charge in [0, 0.05) is 32.7 Å². The Morgan fingerprint density at radius 2 is 2.17 bits per heavy atom. The van der Waals surface area contributed by atoms with E-state index in [2.05, 4.69) is 51.7 Å². The van der Waals surface area contributed by atoms with E-state index in [1.54, 1.807) is 16.2 Å². The molecule has 122 valence electrons. The minimum Gasteiger partial charge on any atom is -0.338 e. The Morgan fingerprint density at radius 3 is 2.96 bits per heavy atom. The zero-order valence-electron chi connectivity index (χ0n) is 13.4. The van der Waals surface area contributed by atoms with Crippen molar-refractivity contribution in [2.75, 3.05) is 20.1 Å². The molecule has 23 heavy (non-hydrogen) atoms. The summed E-state index contributed by atoms with van der Waals surface area (Å²) >= 11 is 1.69. The standard InChI is InChI=1S/C18H23N3OS/c1-21(18(22)19-8-6-14-7-9-23-13-14)12-17-10-15-4-2-3-5-16(15)11-20-17/h2-5,7,9,13,17,20H,6,8,10-12H2,1H3,(H,19,22)/t17-/m0/s1. The molecule has 1 atom stereocenters. The predicted octanol–water partition coefficient (Wildman–Crippen LogP) is 2.65. The van der Waals surface area contributed by atoms with Crippen LogP contribution in [0.2, 0.25) is 0 Å². The molecular weight excluding hydrogens is 306 g/mol. The molecule has 0 radical (unpaired) electrons. The van der Waals surface area contributed by atoms with Gasteiger partial charge in [-0.2, -0.15) is 11.3 Å². The third-order valence-electron chi connectivity index (χ3n) is 4.28. The first-order valence-electron chi connectivity index (χ1n) is 8.02. The van der Waals surface area contributed by atoms with E-state index in [-0.39, 0.29) is 6.03 Å². The molecule has 0 spiro atoms. The van der Waals surface area contributed by atoms with E-state index in [4.69, 9.17) is 0 Å². The minimum atomic E-state index is 0.000822. The molecular formula is C18H23N3OS. The van der Waals surface area contributed by atoms with Crippen LogP contribution in [0.5, 0.6) is 0 Å². The van der Waals surface area contributed by atoms with Crippen molar-refractivity contribution in [2.45, 2.75) is 25.4 Å². The second-order valence-electron chi connectivity index (χ2n) is 6.04. The molecule has 2 aromatic rings. The van der Waals surface area contributed by atoms with Crippen LogP contribution in [-0.2, 0) is 19.4 Å². The van der Waals surface area contributed by atoms with E-state index >= 15 is 0 Å². The molecule has 0 unspecified atom stereocenters. The highest BCUT2D eigenvalue weighted by Crippen LogP contribution is 2.16. The highest BCUT2D eigenvalue weighted by Gasteiger charge is 2.20. The average Bonchev–Trinajstić information content (AvgIpc) is 3.08.